The van der Waals surface area contributed by atoms with Gasteiger partial charge in [0.05, 0.1) is 19.6 Å². The Morgan fingerprint density at radius 1 is 0.833 bits per heavy atom. The van der Waals surface area contributed by atoms with E-state index in [4.69, 9.17) is 23.7 Å². The summed E-state index contributed by atoms with van der Waals surface area (Å²) in [4.78, 5) is 14.0. The van der Waals surface area contributed by atoms with Crippen LogP contribution in [0.5, 0.6) is 0 Å². The number of nitrogens with zero attached hydrogens (tertiary/aromatic N) is 1. The fourth-order valence-corrected chi connectivity index (χ4v) is 1.77. The third kappa shape index (κ3) is 16.1. The molecule has 7 nitrogen and oxygen atoms in total. The summed E-state index contributed by atoms with van der Waals surface area (Å²) in [5, 5.41) is 0. The maximum atomic E-state index is 11.8. The Labute approximate surface area is 146 Å². The van der Waals surface area contributed by atoms with Gasteiger partial charge in [-0.1, -0.05) is 0 Å². The smallest absolute Gasteiger partial charge is 0.307 e. The van der Waals surface area contributed by atoms with E-state index in [0.29, 0.717) is 52.5 Å². The molecule has 0 unspecified atom stereocenters. The number of carbonyl (C=O) groups excluding carboxylic acids is 1. The van der Waals surface area contributed by atoms with Crippen molar-refractivity contribution in [2.45, 2.75) is 46.6 Å². The van der Waals surface area contributed by atoms with E-state index < -0.39 is 5.60 Å². The minimum absolute atomic E-state index is 0.196. The third-order valence-electron chi connectivity index (χ3n) is 2.90. The molecular formula is C17H35NO6. The molecule has 0 aromatic carbocycles. The molecule has 24 heavy (non-hydrogen) atoms. The van der Waals surface area contributed by atoms with Crippen molar-refractivity contribution in [3.63, 3.8) is 0 Å². The van der Waals surface area contributed by atoms with E-state index >= 15 is 0 Å². The SMILES string of the molecule is CCOCOCCN(CCOCOCC)CCC(=O)OC(C)(C)C. The molecule has 0 N–H and O–H groups in total. The van der Waals surface area contributed by atoms with Gasteiger partial charge in [-0.3, -0.25) is 9.69 Å². The second-order valence-corrected chi connectivity index (χ2v) is 6.22. The zero-order valence-electron chi connectivity index (χ0n) is 16.0. The van der Waals surface area contributed by atoms with Crippen molar-refractivity contribution >= 4 is 5.97 Å². The van der Waals surface area contributed by atoms with Crippen LogP contribution >= 0.6 is 0 Å². The zero-order valence-corrected chi connectivity index (χ0v) is 16.0. The van der Waals surface area contributed by atoms with Crippen LogP contribution in [0.3, 0.4) is 0 Å². The lowest BCUT2D eigenvalue weighted by Gasteiger charge is -2.24. The molecule has 0 rings (SSSR count). The normalized spacial score (nSPS) is 11.9. The van der Waals surface area contributed by atoms with Gasteiger partial charge in [-0.25, -0.2) is 0 Å². The predicted octanol–water partition coefficient (Wildman–Crippen LogP) is 2.04. The summed E-state index contributed by atoms with van der Waals surface area (Å²) < 4.78 is 26.4. The van der Waals surface area contributed by atoms with Crippen LogP contribution in [0, 0.1) is 0 Å². The molecule has 7 heteroatoms. The summed E-state index contributed by atoms with van der Waals surface area (Å²) in [6.07, 6.45) is 0.341. The molecule has 0 spiro atoms. The Morgan fingerprint density at radius 2 is 1.33 bits per heavy atom. The lowest BCUT2D eigenvalue weighted by molar-refractivity contribution is -0.155. The predicted molar refractivity (Wildman–Crippen MR) is 91.8 cm³/mol. The van der Waals surface area contributed by atoms with Crippen molar-refractivity contribution in [2.75, 3.05) is 59.6 Å². The first kappa shape index (κ1) is 23.3. The van der Waals surface area contributed by atoms with Gasteiger partial charge in [0.2, 0.25) is 0 Å². The Hall–Kier alpha value is -0.730. The molecule has 0 aliphatic carbocycles. The minimum atomic E-state index is -0.455. The van der Waals surface area contributed by atoms with Gasteiger partial charge in [-0.05, 0) is 34.6 Å². The average Bonchev–Trinajstić information content (AvgIpc) is 2.49. The Bertz CT molecular complexity index is 292. The first-order valence-corrected chi connectivity index (χ1v) is 8.64. The van der Waals surface area contributed by atoms with Gasteiger partial charge in [-0.15, -0.1) is 0 Å². The van der Waals surface area contributed by atoms with Gasteiger partial charge in [-0.2, -0.15) is 0 Å². The molecule has 0 fully saturated rings. The number of hydrogen-bond donors (Lipinski definition) is 0. The van der Waals surface area contributed by atoms with E-state index in [0.717, 1.165) is 0 Å². The van der Waals surface area contributed by atoms with Gasteiger partial charge in [0.1, 0.15) is 19.2 Å². The number of carbonyl (C=O) groups is 1. The molecule has 0 amide bonds. The van der Waals surface area contributed by atoms with Crippen molar-refractivity contribution < 1.29 is 28.5 Å². The zero-order chi connectivity index (χ0) is 18.3. The number of esters is 1. The van der Waals surface area contributed by atoms with Crippen LogP contribution in [0.4, 0.5) is 0 Å². The first-order valence-electron chi connectivity index (χ1n) is 8.64. The molecule has 0 atom stereocenters. The van der Waals surface area contributed by atoms with Crippen LogP contribution in [-0.2, 0) is 28.5 Å². The molecule has 0 aromatic heterocycles. The maximum Gasteiger partial charge on any atom is 0.307 e. The number of ether oxygens (including phenoxy) is 5. The molecule has 0 radical (unpaired) electrons. The lowest BCUT2D eigenvalue weighted by Crippen LogP contribution is -2.34. The van der Waals surface area contributed by atoms with E-state index in [2.05, 4.69) is 4.90 Å². The van der Waals surface area contributed by atoms with Crippen LogP contribution in [0.1, 0.15) is 41.0 Å². The highest BCUT2D eigenvalue weighted by molar-refractivity contribution is 5.70. The third-order valence-corrected chi connectivity index (χ3v) is 2.90. The molecule has 0 aromatic rings. The van der Waals surface area contributed by atoms with Gasteiger partial charge >= 0.3 is 5.97 Å². The van der Waals surface area contributed by atoms with Gasteiger partial charge in [0.25, 0.3) is 0 Å². The molecule has 0 aliphatic heterocycles. The Kier molecular flexibility index (Phi) is 14.2. The van der Waals surface area contributed by atoms with Crippen molar-refractivity contribution in [1.82, 2.24) is 4.90 Å². The quantitative estimate of drug-likeness (QED) is 0.255. The second kappa shape index (κ2) is 14.6. The summed E-state index contributed by atoms with van der Waals surface area (Å²) >= 11 is 0. The summed E-state index contributed by atoms with van der Waals surface area (Å²) in [5.41, 5.74) is -0.455. The largest absolute Gasteiger partial charge is 0.460 e. The van der Waals surface area contributed by atoms with Crippen molar-refractivity contribution in [3.8, 4) is 0 Å². The molecule has 0 aliphatic rings. The van der Waals surface area contributed by atoms with Gasteiger partial charge in [0.15, 0.2) is 0 Å². The Balaban J connectivity index is 4.07. The van der Waals surface area contributed by atoms with E-state index in [1.54, 1.807) is 0 Å². The minimum Gasteiger partial charge on any atom is -0.460 e. The highest BCUT2D eigenvalue weighted by atomic mass is 16.7. The van der Waals surface area contributed by atoms with Crippen LogP contribution in [0.15, 0.2) is 0 Å². The highest BCUT2D eigenvalue weighted by Gasteiger charge is 2.17. The fourth-order valence-electron chi connectivity index (χ4n) is 1.77. The summed E-state index contributed by atoms with van der Waals surface area (Å²) in [6, 6.07) is 0. The monoisotopic (exact) mass is 349 g/mol. The molecule has 0 saturated carbocycles. The number of hydrogen-bond acceptors (Lipinski definition) is 7. The highest BCUT2D eigenvalue weighted by Crippen LogP contribution is 2.08. The summed E-state index contributed by atoms with van der Waals surface area (Å²) in [5.74, 6) is -0.196. The molecule has 0 saturated heterocycles. The average molecular weight is 349 g/mol. The van der Waals surface area contributed by atoms with Crippen molar-refractivity contribution in [3.05, 3.63) is 0 Å². The van der Waals surface area contributed by atoms with E-state index in [-0.39, 0.29) is 19.6 Å². The van der Waals surface area contributed by atoms with Crippen LogP contribution in [0.25, 0.3) is 0 Å². The maximum absolute atomic E-state index is 11.8. The van der Waals surface area contributed by atoms with Gasteiger partial charge in [0, 0.05) is 32.8 Å². The number of rotatable bonds is 15. The second-order valence-electron chi connectivity index (χ2n) is 6.22. The van der Waals surface area contributed by atoms with Crippen LogP contribution < -0.4 is 0 Å². The summed E-state index contributed by atoms with van der Waals surface area (Å²) in [6.45, 7) is 14.4. The van der Waals surface area contributed by atoms with Crippen molar-refractivity contribution in [2.24, 2.45) is 0 Å². The van der Waals surface area contributed by atoms with E-state index in [1.807, 2.05) is 34.6 Å². The van der Waals surface area contributed by atoms with E-state index in [9.17, 15) is 4.79 Å². The van der Waals surface area contributed by atoms with E-state index in [1.165, 1.54) is 0 Å². The molecule has 144 valence electrons. The molecular weight excluding hydrogens is 314 g/mol. The van der Waals surface area contributed by atoms with Crippen molar-refractivity contribution in [1.29, 1.82) is 0 Å². The first-order chi connectivity index (χ1) is 11.4. The van der Waals surface area contributed by atoms with Crippen LogP contribution in [0.2, 0.25) is 0 Å². The van der Waals surface area contributed by atoms with Gasteiger partial charge < -0.3 is 23.7 Å². The molecule has 0 heterocycles. The summed E-state index contributed by atoms with van der Waals surface area (Å²) in [7, 11) is 0. The van der Waals surface area contributed by atoms with Crippen LogP contribution in [-0.4, -0.2) is 76.1 Å². The standard InChI is InChI=1S/C17H35NO6/c1-6-20-14-22-12-10-18(11-13-23-15-21-7-2)9-8-16(19)24-17(3,4)5/h6-15H2,1-5H3. The lowest BCUT2D eigenvalue weighted by atomic mass is 10.2. The Morgan fingerprint density at radius 3 is 1.75 bits per heavy atom. The molecule has 0 bridgehead atoms. The topological polar surface area (TPSA) is 66.5 Å². The fraction of sp³-hybridized carbons (Fsp3) is 0.941.